The topological polar surface area (TPSA) is 12.0 Å². The van der Waals surface area contributed by atoms with Crippen LogP contribution in [0.15, 0.2) is 66.1 Å². The quantitative estimate of drug-likeness (QED) is 0.522. The van der Waals surface area contributed by atoms with Crippen LogP contribution in [0, 0.1) is 5.82 Å². The molecule has 110 valence electrons. The minimum atomic E-state index is -0.199. The SMILES string of the molecule is C=CCSc1ccccc1NC(CC)c1ccc(F)cc1. The second-order valence-corrected chi connectivity index (χ2v) is 5.81. The summed E-state index contributed by atoms with van der Waals surface area (Å²) < 4.78 is 13.1. The predicted molar refractivity (Wildman–Crippen MR) is 90.4 cm³/mol. The smallest absolute Gasteiger partial charge is 0.123 e. The number of rotatable bonds is 7. The lowest BCUT2D eigenvalue weighted by atomic mass is 10.0. The molecule has 21 heavy (non-hydrogen) atoms. The summed E-state index contributed by atoms with van der Waals surface area (Å²) in [5.74, 6) is 0.682. The molecule has 0 heterocycles. The van der Waals surface area contributed by atoms with Gasteiger partial charge < -0.3 is 5.32 Å². The molecule has 1 nitrogen and oxygen atoms in total. The first-order valence-corrected chi connectivity index (χ1v) is 8.08. The molecule has 2 aromatic carbocycles. The molecule has 2 aromatic rings. The van der Waals surface area contributed by atoms with E-state index in [2.05, 4.69) is 31.0 Å². The van der Waals surface area contributed by atoms with Gasteiger partial charge in [0.2, 0.25) is 0 Å². The fraction of sp³-hybridized carbons (Fsp3) is 0.222. The first kappa shape index (κ1) is 15.6. The first-order valence-electron chi connectivity index (χ1n) is 7.09. The maximum absolute atomic E-state index is 13.1. The zero-order valence-corrected chi connectivity index (χ0v) is 13.0. The van der Waals surface area contributed by atoms with Gasteiger partial charge in [0, 0.05) is 16.3 Å². The van der Waals surface area contributed by atoms with Crippen molar-refractivity contribution in [3.8, 4) is 0 Å². The van der Waals surface area contributed by atoms with E-state index < -0.39 is 0 Å². The van der Waals surface area contributed by atoms with E-state index in [-0.39, 0.29) is 11.9 Å². The molecule has 1 atom stereocenters. The number of nitrogens with one attached hydrogen (secondary N) is 1. The molecule has 0 bridgehead atoms. The highest BCUT2D eigenvalue weighted by molar-refractivity contribution is 7.99. The molecule has 0 saturated heterocycles. The summed E-state index contributed by atoms with van der Waals surface area (Å²) in [4.78, 5) is 1.21. The minimum Gasteiger partial charge on any atom is -0.377 e. The molecule has 0 amide bonds. The Morgan fingerprint density at radius 1 is 1.19 bits per heavy atom. The third-order valence-corrected chi connectivity index (χ3v) is 4.32. The van der Waals surface area contributed by atoms with E-state index >= 15 is 0 Å². The van der Waals surface area contributed by atoms with Crippen molar-refractivity contribution in [2.24, 2.45) is 0 Å². The zero-order valence-electron chi connectivity index (χ0n) is 12.2. The molecule has 0 radical (unpaired) electrons. The van der Waals surface area contributed by atoms with Crippen LogP contribution in [0.4, 0.5) is 10.1 Å². The second-order valence-electron chi connectivity index (χ2n) is 4.75. The average Bonchev–Trinajstić information content (AvgIpc) is 2.52. The number of halogens is 1. The Balaban J connectivity index is 2.18. The summed E-state index contributed by atoms with van der Waals surface area (Å²) in [5, 5.41) is 3.56. The van der Waals surface area contributed by atoms with Crippen LogP contribution in [0.5, 0.6) is 0 Å². The summed E-state index contributed by atoms with van der Waals surface area (Å²) in [6, 6.07) is 15.1. The third kappa shape index (κ3) is 4.36. The van der Waals surface area contributed by atoms with Crippen molar-refractivity contribution in [2.45, 2.75) is 24.3 Å². The lowest BCUT2D eigenvalue weighted by molar-refractivity contribution is 0.625. The second kappa shape index (κ2) is 7.89. The van der Waals surface area contributed by atoms with E-state index in [4.69, 9.17) is 0 Å². The lowest BCUT2D eigenvalue weighted by Gasteiger charge is -2.20. The van der Waals surface area contributed by atoms with E-state index in [0.29, 0.717) is 0 Å². The average molecular weight is 301 g/mol. The van der Waals surface area contributed by atoms with E-state index in [1.54, 1.807) is 11.8 Å². The molecular weight excluding hydrogens is 281 g/mol. The van der Waals surface area contributed by atoms with Crippen LogP contribution in [0.1, 0.15) is 24.9 Å². The Kier molecular flexibility index (Phi) is 5.88. The number of hydrogen-bond acceptors (Lipinski definition) is 2. The Hall–Kier alpha value is -1.74. The van der Waals surface area contributed by atoms with Crippen molar-refractivity contribution in [3.05, 3.63) is 72.6 Å². The fourth-order valence-electron chi connectivity index (χ4n) is 2.16. The van der Waals surface area contributed by atoms with Gasteiger partial charge in [0.1, 0.15) is 5.82 Å². The van der Waals surface area contributed by atoms with E-state index in [1.807, 2.05) is 30.3 Å². The van der Waals surface area contributed by atoms with Crippen molar-refractivity contribution >= 4 is 17.4 Å². The third-order valence-electron chi connectivity index (χ3n) is 3.25. The van der Waals surface area contributed by atoms with Gasteiger partial charge in [0.25, 0.3) is 0 Å². The van der Waals surface area contributed by atoms with E-state index in [9.17, 15) is 4.39 Å². The molecule has 0 fully saturated rings. The van der Waals surface area contributed by atoms with Gasteiger partial charge in [0.05, 0.1) is 6.04 Å². The first-order chi connectivity index (χ1) is 10.2. The van der Waals surface area contributed by atoms with Crippen molar-refractivity contribution in [1.29, 1.82) is 0 Å². The number of thioether (sulfide) groups is 1. The van der Waals surface area contributed by atoms with Crippen LogP contribution < -0.4 is 5.32 Å². The largest absolute Gasteiger partial charge is 0.377 e. The molecule has 0 spiro atoms. The van der Waals surface area contributed by atoms with Crippen molar-refractivity contribution in [3.63, 3.8) is 0 Å². The normalized spacial score (nSPS) is 11.9. The molecule has 3 heteroatoms. The van der Waals surface area contributed by atoms with E-state index in [1.165, 1.54) is 17.0 Å². The molecule has 0 saturated carbocycles. The predicted octanol–water partition coefficient (Wildman–Crippen LogP) is 5.67. The van der Waals surface area contributed by atoms with Crippen molar-refractivity contribution in [2.75, 3.05) is 11.1 Å². The van der Waals surface area contributed by atoms with Gasteiger partial charge in [-0.3, -0.25) is 0 Å². The standard InChI is InChI=1S/C18H20FNS/c1-3-13-21-18-8-6-5-7-17(18)20-16(4-2)14-9-11-15(19)12-10-14/h3,5-12,16,20H,1,4,13H2,2H3. The fourth-order valence-corrected chi connectivity index (χ4v) is 2.92. The van der Waals surface area contributed by atoms with Gasteiger partial charge >= 0.3 is 0 Å². The van der Waals surface area contributed by atoms with Gasteiger partial charge in [-0.05, 0) is 36.2 Å². The summed E-state index contributed by atoms with van der Waals surface area (Å²) in [7, 11) is 0. The summed E-state index contributed by atoms with van der Waals surface area (Å²) in [5.41, 5.74) is 2.21. The lowest BCUT2D eigenvalue weighted by Crippen LogP contribution is -2.10. The Morgan fingerprint density at radius 3 is 2.57 bits per heavy atom. The maximum atomic E-state index is 13.1. The minimum absolute atomic E-state index is 0.177. The number of benzene rings is 2. The van der Waals surface area contributed by atoms with E-state index in [0.717, 1.165) is 23.4 Å². The monoisotopic (exact) mass is 301 g/mol. The van der Waals surface area contributed by atoms with Crippen molar-refractivity contribution < 1.29 is 4.39 Å². The Morgan fingerprint density at radius 2 is 1.90 bits per heavy atom. The highest BCUT2D eigenvalue weighted by Gasteiger charge is 2.11. The van der Waals surface area contributed by atoms with Crippen LogP contribution >= 0.6 is 11.8 Å². The van der Waals surface area contributed by atoms with Gasteiger partial charge in [-0.25, -0.2) is 4.39 Å². The molecule has 1 unspecified atom stereocenters. The number of anilines is 1. The summed E-state index contributed by atoms with van der Waals surface area (Å²) >= 11 is 1.76. The molecule has 0 aromatic heterocycles. The van der Waals surface area contributed by atoms with Crippen LogP contribution in [-0.4, -0.2) is 5.75 Å². The van der Waals surface area contributed by atoms with Gasteiger partial charge in [-0.1, -0.05) is 37.3 Å². The van der Waals surface area contributed by atoms with Crippen LogP contribution in [0.2, 0.25) is 0 Å². The highest BCUT2D eigenvalue weighted by Crippen LogP contribution is 2.31. The van der Waals surface area contributed by atoms with Gasteiger partial charge in [-0.15, -0.1) is 18.3 Å². The molecule has 0 aliphatic heterocycles. The maximum Gasteiger partial charge on any atom is 0.123 e. The van der Waals surface area contributed by atoms with Crippen LogP contribution in [0.25, 0.3) is 0 Å². The zero-order chi connectivity index (χ0) is 15.1. The molecular formula is C18H20FNS. The molecule has 2 rings (SSSR count). The number of para-hydroxylation sites is 1. The van der Waals surface area contributed by atoms with Crippen LogP contribution in [0.3, 0.4) is 0 Å². The Bertz CT molecular complexity index is 580. The van der Waals surface area contributed by atoms with Gasteiger partial charge in [-0.2, -0.15) is 0 Å². The molecule has 0 aliphatic carbocycles. The molecule has 0 aliphatic rings. The molecule has 1 N–H and O–H groups in total. The number of hydrogen-bond donors (Lipinski definition) is 1. The Labute approximate surface area is 130 Å². The van der Waals surface area contributed by atoms with Crippen LogP contribution in [-0.2, 0) is 0 Å². The highest BCUT2D eigenvalue weighted by atomic mass is 32.2. The summed E-state index contributed by atoms with van der Waals surface area (Å²) in [6.45, 7) is 5.89. The van der Waals surface area contributed by atoms with Crippen molar-refractivity contribution in [1.82, 2.24) is 0 Å². The van der Waals surface area contributed by atoms with Gasteiger partial charge in [0.15, 0.2) is 0 Å². The summed E-state index contributed by atoms with van der Waals surface area (Å²) in [6.07, 6.45) is 2.84.